The van der Waals surface area contributed by atoms with Crippen molar-refractivity contribution in [3.8, 4) is 5.75 Å². The van der Waals surface area contributed by atoms with Gasteiger partial charge in [0, 0.05) is 11.6 Å². The molecule has 160 valence electrons. The van der Waals surface area contributed by atoms with Gasteiger partial charge in [0.05, 0.1) is 18.8 Å². The topological polar surface area (TPSA) is 97.6 Å². The number of aliphatic hydroxyl groups excluding tert-OH is 2. The van der Waals surface area contributed by atoms with E-state index in [4.69, 9.17) is 11.6 Å². The molecule has 0 saturated carbocycles. The maximum absolute atomic E-state index is 12.3. The molecule has 1 aliphatic heterocycles. The molecule has 1 aliphatic rings. The number of halogens is 3. The number of ether oxygens (including phenoxy) is 1. The Balaban J connectivity index is 1.89. The Labute approximate surface area is 175 Å². The van der Waals surface area contributed by atoms with E-state index in [0.717, 1.165) is 10.5 Å². The third-order valence-electron chi connectivity index (χ3n) is 4.21. The highest BCUT2D eigenvalue weighted by atomic mass is 35.5. The zero-order valence-electron chi connectivity index (χ0n) is 15.6. The van der Waals surface area contributed by atoms with Crippen molar-refractivity contribution >= 4 is 29.3 Å². The Morgan fingerprint density at radius 1 is 1.13 bits per heavy atom. The average Bonchev–Trinajstić information content (AvgIpc) is 2.70. The van der Waals surface area contributed by atoms with Gasteiger partial charge in [-0.25, -0.2) is 9.79 Å². The predicted molar refractivity (Wildman–Crippen MR) is 105 cm³/mol. The molecule has 30 heavy (non-hydrogen) atoms. The van der Waals surface area contributed by atoms with Crippen molar-refractivity contribution in [1.29, 1.82) is 0 Å². The molecule has 2 aromatic rings. The molecule has 3 rings (SSSR count). The normalized spacial score (nSPS) is 18.1. The molecule has 3 N–H and O–H groups in total. The van der Waals surface area contributed by atoms with Gasteiger partial charge in [-0.15, -0.1) is 0 Å². The van der Waals surface area contributed by atoms with Gasteiger partial charge in [-0.1, -0.05) is 23.7 Å². The number of aliphatic hydroxyl groups is 2. The van der Waals surface area contributed by atoms with E-state index in [1.165, 1.54) is 29.2 Å². The van der Waals surface area contributed by atoms with Gasteiger partial charge >= 0.3 is 12.6 Å². The standard InChI is InChI=1S/C19H19ClF2N4O4/c20-13-3-1-12(2-4-13)11-26-17(24-18(28)25(9-10-27)19(26)29)23-14-5-7-15(8-6-14)30-16(21)22/h1-8,16,19,27,29H,9-11H2,(H,23,24,28). The number of guanidine groups is 1. The molecule has 8 nitrogen and oxygen atoms in total. The number of alkyl halides is 2. The number of aliphatic imine (C=N–C) groups is 1. The molecule has 1 unspecified atom stereocenters. The van der Waals surface area contributed by atoms with Crippen LogP contribution >= 0.6 is 11.6 Å². The molecule has 0 spiro atoms. The predicted octanol–water partition coefficient (Wildman–Crippen LogP) is 2.72. The largest absolute Gasteiger partial charge is 0.435 e. The lowest BCUT2D eigenvalue weighted by Gasteiger charge is -2.42. The van der Waals surface area contributed by atoms with Crippen LogP contribution in [0.4, 0.5) is 19.3 Å². The van der Waals surface area contributed by atoms with Crippen LogP contribution in [0.5, 0.6) is 5.75 Å². The zero-order valence-corrected chi connectivity index (χ0v) is 16.3. The smallest absolute Gasteiger partial charge is 0.387 e. The Morgan fingerprint density at radius 2 is 1.80 bits per heavy atom. The van der Waals surface area contributed by atoms with Crippen LogP contribution in [0.3, 0.4) is 0 Å². The number of amides is 2. The summed E-state index contributed by atoms with van der Waals surface area (Å²) < 4.78 is 28.9. The van der Waals surface area contributed by atoms with E-state index < -0.39 is 19.0 Å². The van der Waals surface area contributed by atoms with Gasteiger partial charge in [-0.3, -0.25) is 15.1 Å². The van der Waals surface area contributed by atoms with Gasteiger partial charge in [0.15, 0.2) is 0 Å². The summed E-state index contributed by atoms with van der Waals surface area (Å²) >= 11 is 5.91. The van der Waals surface area contributed by atoms with Crippen LogP contribution in [0.25, 0.3) is 0 Å². The second kappa shape index (κ2) is 9.70. The Kier molecular flexibility index (Phi) is 7.03. The number of hydrogen-bond acceptors (Lipinski definition) is 5. The van der Waals surface area contributed by atoms with Crippen molar-refractivity contribution in [2.24, 2.45) is 4.99 Å². The molecule has 2 amide bonds. The average molecular weight is 441 g/mol. The first-order valence-electron chi connectivity index (χ1n) is 8.88. The summed E-state index contributed by atoms with van der Waals surface area (Å²) in [6.07, 6.45) is -1.39. The highest BCUT2D eigenvalue weighted by Gasteiger charge is 2.36. The maximum atomic E-state index is 12.3. The fraction of sp³-hybridized carbons (Fsp3) is 0.263. The van der Waals surface area contributed by atoms with Crippen molar-refractivity contribution in [1.82, 2.24) is 15.1 Å². The van der Waals surface area contributed by atoms with Crippen LogP contribution in [0, 0.1) is 0 Å². The van der Waals surface area contributed by atoms with Crippen LogP contribution < -0.4 is 10.1 Å². The second-order valence-corrected chi connectivity index (χ2v) is 6.69. The molecular formula is C19H19ClF2N4O4. The number of β-amino-alcohol motifs (C(OH)–C–C–N with tert-alkyl or cyclic N) is 1. The number of nitrogens with one attached hydrogen (secondary N) is 1. The second-order valence-electron chi connectivity index (χ2n) is 6.26. The van der Waals surface area contributed by atoms with Gasteiger partial charge in [0.1, 0.15) is 5.75 Å². The Morgan fingerprint density at radius 3 is 2.40 bits per heavy atom. The summed E-state index contributed by atoms with van der Waals surface area (Å²) in [5.74, 6) is 0.0213. The number of hydrogen-bond donors (Lipinski definition) is 3. The third-order valence-corrected chi connectivity index (χ3v) is 4.47. The minimum absolute atomic E-state index is 0.0335. The molecule has 1 fully saturated rings. The van der Waals surface area contributed by atoms with Crippen LogP contribution in [0.2, 0.25) is 5.02 Å². The van der Waals surface area contributed by atoms with Crippen LogP contribution in [0.15, 0.2) is 53.5 Å². The molecule has 1 heterocycles. The minimum atomic E-state index is -2.94. The number of carbonyl (C=O) groups is 1. The Hall–Kier alpha value is -2.95. The zero-order chi connectivity index (χ0) is 21.7. The van der Waals surface area contributed by atoms with Gasteiger partial charge in [-0.05, 0) is 42.0 Å². The Bertz CT molecular complexity index is 896. The lowest BCUT2D eigenvalue weighted by Crippen LogP contribution is -2.65. The fourth-order valence-corrected chi connectivity index (χ4v) is 2.93. The molecule has 1 saturated heterocycles. The molecule has 1 atom stereocenters. The highest BCUT2D eigenvalue weighted by molar-refractivity contribution is 6.30. The van der Waals surface area contributed by atoms with Crippen molar-refractivity contribution in [2.45, 2.75) is 19.5 Å². The summed E-state index contributed by atoms with van der Waals surface area (Å²) in [6.45, 7) is -3.19. The van der Waals surface area contributed by atoms with Gasteiger partial charge < -0.3 is 14.9 Å². The summed E-state index contributed by atoms with van der Waals surface area (Å²) in [5.41, 5.74) is 1.13. The first-order valence-corrected chi connectivity index (χ1v) is 9.26. The first kappa shape index (κ1) is 21.8. The molecule has 0 aromatic heterocycles. The van der Waals surface area contributed by atoms with Crippen molar-refractivity contribution in [3.05, 3.63) is 59.1 Å². The van der Waals surface area contributed by atoms with E-state index in [0.29, 0.717) is 10.7 Å². The number of carbonyl (C=O) groups excluding carboxylic acids is 1. The molecule has 0 bridgehead atoms. The lowest BCUT2D eigenvalue weighted by molar-refractivity contribution is -0.0732. The number of nitrogens with zero attached hydrogens (tertiary/aromatic N) is 3. The maximum Gasteiger partial charge on any atom is 0.387 e. The van der Waals surface area contributed by atoms with Crippen molar-refractivity contribution in [2.75, 3.05) is 13.2 Å². The molecule has 0 aliphatic carbocycles. The van der Waals surface area contributed by atoms with Crippen LogP contribution in [-0.4, -0.2) is 58.1 Å². The summed E-state index contributed by atoms with van der Waals surface area (Å²) in [6, 6.07) is 11.8. The summed E-state index contributed by atoms with van der Waals surface area (Å²) in [4.78, 5) is 19.1. The minimum Gasteiger partial charge on any atom is -0.435 e. The molecule has 0 radical (unpaired) electrons. The third kappa shape index (κ3) is 5.35. The van der Waals surface area contributed by atoms with E-state index in [-0.39, 0.29) is 31.4 Å². The molecular weight excluding hydrogens is 422 g/mol. The van der Waals surface area contributed by atoms with E-state index in [9.17, 15) is 23.8 Å². The molecule has 2 aromatic carbocycles. The summed E-state index contributed by atoms with van der Waals surface area (Å²) in [5, 5.41) is 23.0. The highest BCUT2D eigenvalue weighted by Crippen LogP contribution is 2.22. The van der Waals surface area contributed by atoms with Gasteiger partial charge in [-0.2, -0.15) is 8.78 Å². The van der Waals surface area contributed by atoms with Gasteiger partial charge in [0.2, 0.25) is 12.3 Å². The summed E-state index contributed by atoms with van der Waals surface area (Å²) in [7, 11) is 0. The first-order chi connectivity index (χ1) is 14.4. The number of benzene rings is 2. The monoisotopic (exact) mass is 440 g/mol. The van der Waals surface area contributed by atoms with E-state index in [1.54, 1.807) is 24.3 Å². The van der Waals surface area contributed by atoms with Gasteiger partial charge in [0.25, 0.3) is 0 Å². The van der Waals surface area contributed by atoms with E-state index in [1.807, 2.05) is 0 Å². The van der Waals surface area contributed by atoms with E-state index in [2.05, 4.69) is 15.0 Å². The fourth-order valence-electron chi connectivity index (χ4n) is 2.81. The number of rotatable bonds is 7. The van der Waals surface area contributed by atoms with Crippen molar-refractivity contribution in [3.63, 3.8) is 0 Å². The van der Waals surface area contributed by atoms with Crippen molar-refractivity contribution < 1.29 is 28.5 Å². The molecule has 11 heteroatoms. The van der Waals surface area contributed by atoms with Crippen LogP contribution in [0.1, 0.15) is 5.56 Å². The van der Waals surface area contributed by atoms with Crippen LogP contribution in [-0.2, 0) is 6.54 Å². The SMILES string of the molecule is O=C1NC(=Nc2ccc(OC(F)F)cc2)N(Cc2ccc(Cl)cc2)C(O)N1CCO. The number of urea groups is 1. The quantitative estimate of drug-likeness (QED) is 0.615. The lowest BCUT2D eigenvalue weighted by atomic mass is 10.2. The van der Waals surface area contributed by atoms with E-state index >= 15 is 0 Å².